The normalized spacial score (nSPS) is 28.8. The molecule has 0 amide bonds. The molecule has 0 heterocycles. The number of aliphatic imine (C=N–C) groups is 1. The number of fused-ring (bicyclic) bond motifs is 3. The Kier molecular flexibility index (Phi) is 6.33. The number of halogens is 1. The predicted molar refractivity (Wildman–Crippen MR) is 131 cm³/mol. The maximum absolute atomic E-state index is 5.47. The van der Waals surface area contributed by atoms with Crippen molar-refractivity contribution in [1.82, 2.24) is 0 Å². The van der Waals surface area contributed by atoms with Crippen LogP contribution in [-0.2, 0) is 6.42 Å². The molecular formula is C26H32INO. The van der Waals surface area contributed by atoms with Crippen molar-refractivity contribution in [3.63, 3.8) is 0 Å². The van der Waals surface area contributed by atoms with Gasteiger partial charge in [0.25, 0.3) is 0 Å². The van der Waals surface area contributed by atoms with Crippen LogP contribution in [0, 0.1) is 20.8 Å². The first-order valence-corrected chi connectivity index (χ1v) is 12.1. The molecule has 0 saturated heterocycles. The van der Waals surface area contributed by atoms with Gasteiger partial charge in [0.2, 0.25) is 0 Å². The fourth-order valence-corrected chi connectivity index (χ4v) is 6.35. The zero-order valence-corrected chi connectivity index (χ0v) is 20.0. The third kappa shape index (κ3) is 4.12. The number of aryl methyl sites for hydroxylation is 1. The Hall–Kier alpha value is -1.36. The van der Waals surface area contributed by atoms with Crippen molar-refractivity contribution in [2.75, 3.05) is 7.11 Å². The minimum atomic E-state index is 0.181. The molecule has 29 heavy (non-hydrogen) atoms. The van der Waals surface area contributed by atoms with Gasteiger partial charge in [-0.25, -0.2) is 0 Å². The third-order valence-electron chi connectivity index (χ3n) is 7.32. The van der Waals surface area contributed by atoms with Crippen LogP contribution < -0.4 is 4.74 Å². The summed E-state index contributed by atoms with van der Waals surface area (Å²) in [6.45, 7) is 4.80. The van der Waals surface area contributed by atoms with Crippen molar-refractivity contribution in [2.45, 2.75) is 58.3 Å². The molecule has 2 nitrogen and oxygen atoms in total. The number of methoxy groups -OCH3 is 1. The van der Waals surface area contributed by atoms with Crippen LogP contribution in [0.3, 0.4) is 0 Å². The number of hydrogen-bond donors (Lipinski definition) is 0. The Bertz CT molecular complexity index is 892. The SMILES string of the molecule is CCC[C@H]1[C@@H]2CCc3cc(OC)ccc3[C@H]2CC[C@]1(C)C=Nc1ccccc1I. The topological polar surface area (TPSA) is 21.6 Å². The highest BCUT2D eigenvalue weighted by Gasteiger charge is 2.47. The fourth-order valence-electron chi connectivity index (χ4n) is 5.82. The van der Waals surface area contributed by atoms with Crippen LogP contribution >= 0.6 is 22.6 Å². The quantitative estimate of drug-likeness (QED) is 0.306. The van der Waals surface area contributed by atoms with E-state index in [1.165, 1.54) is 47.7 Å². The highest BCUT2D eigenvalue weighted by atomic mass is 127. The average molecular weight is 501 g/mol. The van der Waals surface area contributed by atoms with Gasteiger partial charge < -0.3 is 4.74 Å². The number of benzene rings is 2. The maximum atomic E-state index is 5.47. The monoisotopic (exact) mass is 501 g/mol. The molecular weight excluding hydrogens is 469 g/mol. The highest BCUT2D eigenvalue weighted by Crippen LogP contribution is 2.55. The average Bonchev–Trinajstić information content (AvgIpc) is 2.74. The summed E-state index contributed by atoms with van der Waals surface area (Å²) in [7, 11) is 1.77. The van der Waals surface area contributed by atoms with Crippen molar-refractivity contribution in [3.05, 3.63) is 57.2 Å². The molecule has 2 aromatic rings. The second-order valence-electron chi connectivity index (χ2n) is 9.02. The summed E-state index contributed by atoms with van der Waals surface area (Å²) < 4.78 is 6.70. The van der Waals surface area contributed by atoms with Crippen molar-refractivity contribution < 1.29 is 4.74 Å². The van der Waals surface area contributed by atoms with Crippen molar-refractivity contribution in [2.24, 2.45) is 22.2 Å². The van der Waals surface area contributed by atoms with Crippen molar-refractivity contribution in [3.8, 4) is 5.75 Å². The third-order valence-corrected chi connectivity index (χ3v) is 8.23. The Labute approximate surface area is 189 Å². The van der Waals surface area contributed by atoms with Gasteiger partial charge in [-0.1, -0.05) is 38.5 Å². The van der Waals surface area contributed by atoms with Gasteiger partial charge in [0, 0.05) is 15.2 Å². The van der Waals surface area contributed by atoms with E-state index in [9.17, 15) is 0 Å². The van der Waals surface area contributed by atoms with Gasteiger partial charge in [0.15, 0.2) is 0 Å². The number of nitrogens with zero attached hydrogens (tertiary/aromatic N) is 1. The predicted octanol–water partition coefficient (Wildman–Crippen LogP) is 7.56. The summed E-state index contributed by atoms with van der Waals surface area (Å²) in [6, 6.07) is 15.2. The molecule has 3 heteroatoms. The minimum Gasteiger partial charge on any atom is -0.497 e. The molecule has 1 fully saturated rings. The molecule has 0 aliphatic heterocycles. The summed E-state index contributed by atoms with van der Waals surface area (Å²) in [5, 5.41) is 0. The lowest BCUT2D eigenvalue weighted by Gasteiger charge is -2.50. The van der Waals surface area contributed by atoms with E-state index in [-0.39, 0.29) is 5.41 Å². The second-order valence-corrected chi connectivity index (χ2v) is 10.2. The number of hydrogen-bond acceptors (Lipinski definition) is 2. The van der Waals surface area contributed by atoms with Crippen LogP contribution in [0.1, 0.15) is 63.0 Å². The lowest BCUT2D eigenvalue weighted by molar-refractivity contribution is 0.0784. The molecule has 0 bridgehead atoms. The molecule has 4 rings (SSSR count). The number of rotatable bonds is 5. The van der Waals surface area contributed by atoms with Crippen LogP contribution in [-0.4, -0.2) is 13.3 Å². The van der Waals surface area contributed by atoms with Gasteiger partial charge in [-0.05, 0) is 108 Å². The molecule has 154 valence electrons. The lowest BCUT2D eigenvalue weighted by Crippen LogP contribution is -2.43. The molecule has 2 aliphatic carbocycles. The van der Waals surface area contributed by atoms with Crippen LogP contribution in [0.4, 0.5) is 5.69 Å². The van der Waals surface area contributed by atoms with Gasteiger partial charge in [-0.15, -0.1) is 0 Å². The second kappa shape index (κ2) is 8.79. The van der Waals surface area contributed by atoms with Gasteiger partial charge >= 0.3 is 0 Å². The fraction of sp³-hybridized carbons (Fsp3) is 0.500. The van der Waals surface area contributed by atoms with Crippen LogP contribution in [0.15, 0.2) is 47.5 Å². The molecule has 0 radical (unpaired) electrons. The van der Waals surface area contributed by atoms with Crippen molar-refractivity contribution >= 4 is 34.5 Å². The summed E-state index contributed by atoms with van der Waals surface area (Å²) in [6.07, 6.45) is 9.80. The van der Waals surface area contributed by atoms with E-state index in [4.69, 9.17) is 9.73 Å². The Morgan fingerprint density at radius 3 is 2.79 bits per heavy atom. The Morgan fingerprint density at radius 2 is 2.03 bits per heavy atom. The van der Waals surface area contributed by atoms with Gasteiger partial charge in [-0.2, -0.15) is 0 Å². The zero-order valence-electron chi connectivity index (χ0n) is 17.8. The van der Waals surface area contributed by atoms with Gasteiger partial charge in [0.05, 0.1) is 12.8 Å². The minimum absolute atomic E-state index is 0.181. The van der Waals surface area contributed by atoms with E-state index in [0.717, 1.165) is 17.4 Å². The largest absolute Gasteiger partial charge is 0.497 e. The molecule has 2 aromatic carbocycles. The molecule has 0 spiro atoms. The maximum Gasteiger partial charge on any atom is 0.119 e. The molecule has 1 saturated carbocycles. The molecule has 0 N–H and O–H groups in total. The van der Waals surface area contributed by atoms with Crippen LogP contribution in [0.25, 0.3) is 0 Å². The summed E-state index contributed by atoms with van der Waals surface area (Å²) in [5.41, 5.74) is 4.38. The van der Waals surface area contributed by atoms with Gasteiger partial charge in [0.1, 0.15) is 5.75 Å². The number of ether oxygens (including phenoxy) is 1. The van der Waals surface area contributed by atoms with E-state index in [2.05, 4.69) is 85.1 Å². The number of para-hydroxylation sites is 1. The molecule has 0 unspecified atom stereocenters. The van der Waals surface area contributed by atoms with E-state index >= 15 is 0 Å². The van der Waals surface area contributed by atoms with Crippen molar-refractivity contribution in [1.29, 1.82) is 0 Å². The van der Waals surface area contributed by atoms with E-state index in [1.54, 1.807) is 12.7 Å². The standard InChI is InChI=1S/C26H32INO/c1-4-7-23-22-12-10-18-16-19(29-3)11-13-20(18)21(22)14-15-26(23,2)17-28-25-9-6-5-8-24(25)27/h5-6,8-9,11,13,16-17,21-23H,4,7,10,12,14-15H2,1-3H3/t21-,22-,23+,26-/m1/s1. The first kappa shape index (κ1) is 20.9. The van der Waals surface area contributed by atoms with Gasteiger partial charge in [-0.3, -0.25) is 4.99 Å². The van der Waals surface area contributed by atoms with Crippen LogP contribution in [0.5, 0.6) is 5.75 Å². The van der Waals surface area contributed by atoms with E-state index in [0.29, 0.717) is 11.8 Å². The van der Waals surface area contributed by atoms with E-state index < -0.39 is 0 Å². The molecule has 2 aliphatic rings. The van der Waals surface area contributed by atoms with Crippen LogP contribution in [0.2, 0.25) is 0 Å². The molecule has 0 aromatic heterocycles. The summed E-state index contributed by atoms with van der Waals surface area (Å²) in [5.74, 6) is 3.15. The first-order valence-electron chi connectivity index (χ1n) is 11.0. The summed E-state index contributed by atoms with van der Waals surface area (Å²) >= 11 is 2.39. The lowest BCUT2D eigenvalue weighted by atomic mass is 9.54. The van der Waals surface area contributed by atoms with E-state index in [1.807, 2.05) is 0 Å². The zero-order chi connectivity index (χ0) is 20.4. The first-order chi connectivity index (χ1) is 14.1. The highest BCUT2D eigenvalue weighted by molar-refractivity contribution is 14.1. The summed E-state index contributed by atoms with van der Waals surface area (Å²) in [4.78, 5) is 4.99. The Balaban J connectivity index is 1.63. The molecule has 4 atom stereocenters. The Morgan fingerprint density at radius 1 is 1.21 bits per heavy atom. The smallest absolute Gasteiger partial charge is 0.119 e.